The first-order valence-electron chi connectivity index (χ1n) is 9.89. The van der Waals surface area contributed by atoms with Gasteiger partial charge in [0.1, 0.15) is 0 Å². The van der Waals surface area contributed by atoms with Crippen LogP contribution in [0.1, 0.15) is 15.9 Å². The van der Waals surface area contributed by atoms with E-state index in [1.165, 1.54) is 20.3 Å². The second-order valence-electron chi connectivity index (χ2n) is 8.31. The van der Waals surface area contributed by atoms with Crippen LogP contribution < -0.4 is 0 Å². The number of Topliss-reactive ketones (excluding diaryl/α,β-unsaturated/α-hetero) is 1. The molecule has 162 valence electrons. The van der Waals surface area contributed by atoms with E-state index in [0.717, 1.165) is 0 Å². The third kappa shape index (κ3) is 3.86. The van der Waals surface area contributed by atoms with Crippen molar-refractivity contribution in [2.75, 3.05) is 14.2 Å². The third-order valence-corrected chi connectivity index (χ3v) is 6.01. The Morgan fingerprint density at radius 3 is 1.74 bits per heavy atom. The molecule has 0 amide bonds. The number of methoxy groups -OCH3 is 2. The van der Waals surface area contributed by atoms with Crippen LogP contribution >= 0.6 is 0 Å². The molecule has 0 spiro atoms. The monoisotopic (exact) mass is 438 g/mol. The van der Waals surface area contributed by atoms with Gasteiger partial charge in [-0.15, -0.1) is 0 Å². The van der Waals surface area contributed by atoms with E-state index in [2.05, 4.69) is 0 Å². The van der Waals surface area contributed by atoms with E-state index >= 15 is 0 Å². The zero-order valence-electron chi connectivity index (χ0n) is 18.3. The number of ether oxygens (including phenoxy) is 2. The molecule has 1 aliphatic rings. The van der Waals surface area contributed by atoms with Crippen molar-refractivity contribution >= 4 is 26.0 Å². The Bertz CT molecular complexity index is 1010. The highest BCUT2D eigenvalue weighted by Gasteiger charge is 2.69. The Balaban J connectivity index is 2.30. The highest BCUT2D eigenvalue weighted by atomic mass is 28.4. The predicted octanol–water partition coefficient (Wildman–Crippen LogP) is 3.89. The van der Waals surface area contributed by atoms with Gasteiger partial charge in [0.2, 0.25) is 11.2 Å². The smallest absolute Gasteiger partial charge is 0.331 e. The van der Waals surface area contributed by atoms with E-state index in [-0.39, 0.29) is 11.4 Å². The summed E-state index contributed by atoms with van der Waals surface area (Å²) in [4.78, 5) is 39.6. The summed E-state index contributed by atoms with van der Waals surface area (Å²) in [6.45, 7) is 5.84. The molecule has 0 aliphatic heterocycles. The van der Waals surface area contributed by atoms with Gasteiger partial charge >= 0.3 is 11.9 Å². The van der Waals surface area contributed by atoms with Crippen LogP contribution in [-0.4, -0.2) is 40.3 Å². The second-order valence-corrected chi connectivity index (χ2v) is 12.7. The first kappa shape index (κ1) is 22.6. The number of esters is 2. The summed E-state index contributed by atoms with van der Waals surface area (Å²) in [5.74, 6) is -1.98. The van der Waals surface area contributed by atoms with Crippen LogP contribution in [0.3, 0.4) is 0 Å². The molecule has 1 aliphatic carbocycles. The van der Waals surface area contributed by atoms with Crippen LogP contribution in [0.15, 0.2) is 72.3 Å². The number of benzene rings is 2. The minimum Gasteiger partial charge on any atom is -0.468 e. The summed E-state index contributed by atoms with van der Waals surface area (Å²) in [6.07, 6.45) is 1.43. The van der Waals surface area contributed by atoms with Gasteiger partial charge in [-0.3, -0.25) is 14.4 Å². The Hall–Kier alpha value is -3.03. The maximum atomic E-state index is 14.1. The van der Waals surface area contributed by atoms with E-state index in [4.69, 9.17) is 13.9 Å². The molecule has 2 aromatic carbocycles. The highest BCUT2D eigenvalue weighted by molar-refractivity contribution is 6.70. The number of carbonyl (C=O) groups excluding carboxylic acids is 3. The summed E-state index contributed by atoms with van der Waals surface area (Å²) >= 11 is 0. The van der Waals surface area contributed by atoms with Crippen molar-refractivity contribution < 1.29 is 28.3 Å². The van der Waals surface area contributed by atoms with Gasteiger partial charge in [0.05, 0.1) is 14.2 Å². The fourth-order valence-electron chi connectivity index (χ4n) is 3.80. The zero-order chi connectivity index (χ0) is 22.9. The normalized spacial score (nSPS) is 16.5. The van der Waals surface area contributed by atoms with Crippen molar-refractivity contribution in [3.05, 3.63) is 83.4 Å². The second kappa shape index (κ2) is 8.24. The molecule has 0 radical (unpaired) electrons. The molecule has 1 atom stereocenters. The van der Waals surface area contributed by atoms with Gasteiger partial charge in [0.15, 0.2) is 13.9 Å². The molecule has 0 aromatic heterocycles. The van der Waals surface area contributed by atoms with Gasteiger partial charge in [-0.2, -0.15) is 0 Å². The summed E-state index contributed by atoms with van der Waals surface area (Å²) in [5.41, 5.74) is -2.31. The number of carbonyl (C=O) groups is 3. The summed E-state index contributed by atoms with van der Waals surface area (Å²) in [5, 5.41) is 0. The Labute approximate surface area is 183 Å². The molecule has 0 N–H and O–H groups in total. The van der Waals surface area contributed by atoms with E-state index in [1.54, 1.807) is 48.5 Å². The van der Waals surface area contributed by atoms with Gasteiger partial charge in [-0.25, -0.2) is 0 Å². The molecule has 2 aromatic rings. The number of rotatable bonds is 8. The molecule has 6 nitrogen and oxygen atoms in total. The van der Waals surface area contributed by atoms with Crippen molar-refractivity contribution in [2.24, 2.45) is 5.41 Å². The first-order valence-corrected chi connectivity index (χ1v) is 13.3. The van der Waals surface area contributed by atoms with Gasteiger partial charge in [0, 0.05) is 11.1 Å². The van der Waals surface area contributed by atoms with E-state index < -0.39 is 31.3 Å². The number of hydrogen-bond donors (Lipinski definition) is 0. The first-order chi connectivity index (χ1) is 14.6. The molecule has 3 rings (SSSR count). The largest absolute Gasteiger partial charge is 0.468 e. The quantitative estimate of drug-likeness (QED) is 0.205. The van der Waals surface area contributed by atoms with E-state index in [9.17, 15) is 14.4 Å². The fourth-order valence-corrected chi connectivity index (χ4v) is 5.04. The van der Waals surface area contributed by atoms with Crippen LogP contribution in [0.2, 0.25) is 19.6 Å². The number of hydrogen-bond acceptors (Lipinski definition) is 6. The van der Waals surface area contributed by atoms with Gasteiger partial charge in [-0.05, 0) is 31.3 Å². The summed E-state index contributed by atoms with van der Waals surface area (Å²) in [7, 11) is -0.0246. The lowest BCUT2D eigenvalue weighted by molar-refractivity contribution is -0.160. The Morgan fingerprint density at radius 1 is 0.806 bits per heavy atom. The van der Waals surface area contributed by atoms with Crippen molar-refractivity contribution in [3.63, 3.8) is 0 Å². The SMILES string of the molecule is COC(=O)C1(C(=O)OC)C=C1C(O[Si](C)(C)C)(C(=O)c1ccccc1)c1ccccc1. The van der Waals surface area contributed by atoms with Crippen LogP contribution in [0.25, 0.3) is 0 Å². The summed E-state index contributed by atoms with van der Waals surface area (Å²) in [6, 6.07) is 17.6. The van der Waals surface area contributed by atoms with Crippen molar-refractivity contribution in [3.8, 4) is 0 Å². The molecular formula is C24H26O6Si. The third-order valence-electron chi connectivity index (χ3n) is 5.09. The Morgan fingerprint density at radius 2 is 1.29 bits per heavy atom. The lowest BCUT2D eigenvalue weighted by Crippen LogP contribution is -2.49. The fraction of sp³-hybridized carbons (Fsp3) is 0.292. The standard InChI is InChI=1S/C24H26O6Si/c1-28-21(26)23(22(27)29-2)16-19(23)24(30-31(3,4)5,18-14-10-7-11-15-18)20(25)17-12-8-6-9-13-17/h6-16H,1-5H3. The van der Waals surface area contributed by atoms with E-state index in [1.807, 2.05) is 31.8 Å². The van der Waals surface area contributed by atoms with Crippen molar-refractivity contribution in [1.29, 1.82) is 0 Å². The van der Waals surface area contributed by atoms with Crippen molar-refractivity contribution in [1.82, 2.24) is 0 Å². The van der Waals surface area contributed by atoms with Gasteiger partial charge in [-0.1, -0.05) is 60.7 Å². The molecule has 0 saturated carbocycles. The van der Waals surface area contributed by atoms with Crippen LogP contribution in [-0.2, 0) is 29.1 Å². The molecule has 0 saturated heterocycles. The molecule has 7 heteroatoms. The average Bonchev–Trinajstić information content (AvgIpc) is 3.54. The molecular weight excluding hydrogens is 412 g/mol. The minimum atomic E-state index is -2.41. The lowest BCUT2D eigenvalue weighted by atomic mass is 9.79. The maximum Gasteiger partial charge on any atom is 0.331 e. The topological polar surface area (TPSA) is 78.9 Å². The summed E-state index contributed by atoms with van der Waals surface area (Å²) < 4.78 is 16.5. The minimum absolute atomic E-state index is 0.223. The van der Waals surface area contributed by atoms with Gasteiger partial charge in [0.25, 0.3) is 0 Å². The van der Waals surface area contributed by atoms with Crippen molar-refractivity contribution in [2.45, 2.75) is 25.2 Å². The average molecular weight is 439 g/mol. The molecule has 0 heterocycles. The molecule has 1 unspecified atom stereocenters. The van der Waals surface area contributed by atoms with Gasteiger partial charge < -0.3 is 13.9 Å². The zero-order valence-corrected chi connectivity index (χ0v) is 19.3. The number of ketones is 1. The highest BCUT2D eigenvalue weighted by Crippen LogP contribution is 2.58. The predicted molar refractivity (Wildman–Crippen MR) is 118 cm³/mol. The Kier molecular flexibility index (Phi) is 6.02. The van der Waals surface area contributed by atoms with E-state index in [0.29, 0.717) is 11.1 Å². The molecule has 0 bridgehead atoms. The van der Waals surface area contributed by atoms with Crippen LogP contribution in [0.5, 0.6) is 0 Å². The van der Waals surface area contributed by atoms with Crippen LogP contribution in [0, 0.1) is 5.41 Å². The lowest BCUT2D eigenvalue weighted by Gasteiger charge is -2.39. The maximum absolute atomic E-state index is 14.1. The molecule has 0 fully saturated rings. The van der Waals surface area contributed by atoms with Crippen LogP contribution in [0.4, 0.5) is 0 Å². The molecule has 31 heavy (non-hydrogen) atoms.